The molecule has 0 radical (unpaired) electrons. The van der Waals surface area contributed by atoms with Gasteiger partial charge in [-0.2, -0.15) is 5.26 Å². The second-order valence-corrected chi connectivity index (χ2v) is 8.84. The van der Waals surface area contributed by atoms with Gasteiger partial charge in [0, 0.05) is 16.1 Å². The van der Waals surface area contributed by atoms with Gasteiger partial charge in [0.15, 0.2) is 0 Å². The number of esters is 1. The van der Waals surface area contributed by atoms with Crippen LogP contribution in [0.25, 0.3) is 0 Å². The van der Waals surface area contributed by atoms with E-state index in [1.807, 2.05) is 0 Å². The van der Waals surface area contributed by atoms with Crippen molar-refractivity contribution in [2.24, 2.45) is 5.92 Å². The molecule has 0 bridgehead atoms. The Bertz CT molecular complexity index is 1140. The van der Waals surface area contributed by atoms with Gasteiger partial charge in [-0.3, -0.25) is 14.4 Å². The van der Waals surface area contributed by atoms with Gasteiger partial charge in [0.05, 0.1) is 36.6 Å². The molecule has 0 spiro atoms. The van der Waals surface area contributed by atoms with Crippen LogP contribution in [0.3, 0.4) is 0 Å². The molecule has 1 heterocycles. The molecule has 33 heavy (non-hydrogen) atoms. The molecule has 0 saturated heterocycles. The zero-order valence-electron chi connectivity index (χ0n) is 17.8. The van der Waals surface area contributed by atoms with E-state index in [1.54, 1.807) is 55.6 Å². The number of hydrogen-bond donors (Lipinski definition) is 2. The highest BCUT2D eigenvalue weighted by Crippen LogP contribution is 2.40. The number of nitrogens with one attached hydrogen (secondary N) is 2. The molecule has 10 heteroatoms. The van der Waals surface area contributed by atoms with Crippen LogP contribution in [0.15, 0.2) is 63.6 Å². The molecule has 2 atom stereocenters. The van der Waals surface area contributed by atoms with Crippen LogP contribution in [0.1, 0.15) is 11.5 Å². The molecule has 2 N–H and O–H groups in total. The molecule has 2 amide bonds. The number of carbonyl (C=O) groups excluding carboxylic acids is 3. The van der Waals surface area contributed by atoms with Crippen LogP contribution < -0.4 is 15.4 Å². The Morgan fingerprint density at radius 3 is 2.55 bits per heavy atom. The third-order valence-electron chi connectivity index (χ3n) is 4.91. The van der Waals surface area contributed by atoms with Gasteiger partial charge in [-0.1, -0.05) is 39.8 Å². The number of methoxy groups -OCH3 is 2. The summed E-state index contributed by atoms with van der Waals surface area (Å²) in [4.78, 5) is 37.7. The molecule has 8 nitrogen and oxygen atoms in total. The minimum atomic E-state index is -1.23. The Balaban J connectivity index is 1.86. The maximum atomic E-state index is 12.8. The van der Waals surface area contributed by atoms with Gasteiger partial charge in [-0.05, 0) is 42.0 Å². The van der Waals surface area contributed by atoms with Gasteiger partial charge in [0.2, 0.25) is 11.8 Å². The van der Waals surface area contributed by atoms with E-state index in [9.17, 15) is 19.6 Å². The monoisotopic (exact) mass is 529 g/mol. The summed E-state index contributed by atoms with van der Waals surface area (Å²) in [6, 6.07) is 16.0. The molecule has 2 aromatic rings. The Morgan fingerprint density at radius 2 is 1.94 bits per heavy atom. The van der Waals surface area contributed by atoms with Crippen molar-refractivity contribution in [3.8, 4) is 11.8 Å². The third kappa shape index (κ3) is 5.74. The van der Waals surface area contributed by atoms with Gasteiger partial charge >= 0.3 is 5.97 Å². The van der Waals surface area contributed by atoms with E-state index in [2.05, 4.69) is 32.6 Å². The number of amides is 2. The van der Waals surface area contributed by atoms with Crippen LogP contribution >= 0.6 is 27.7 Å². The van der Waals surface area contributed by atoms with Crippen molar-refractivity contribution >= 4 is 51.2 Å². The summed E-state index contributed by atoms with van der Waals surface area (Å²) in [6.07, 6.45) is 0. The van der Waals surface area contributed by atoms with Crippen molar-refractivity contribution in [2.45, 2.75) is 5.92 Å². The molecule has 2 aromatic carbocycles. The van der Waals surface area contributed by atoms with Crippen molar-refractivity contribution in [3.05, 3.63) is 69.2 Å². The zero-order chi connectivity index (χ0) is 24.0. The number of allylic oxidation sites excluding steroid dienone is 1. The van der Waals surface area contributed by atoms with E-state index in [4.69, 9.17) is 9.47 Å². The average Bonchev–Trinajstić information content (AvgIpc) is 2.82. The van der Waals surface area contributed by atoms with E-state index < -0.39 is 23.7 Å². The van der Waals surface area contributed by atoms with Crippen molar-refractivity contribution < 1.29 is 23.9 Å². The van der Waals surface area contributed by atoms with E-state index in [0.29, 0.717) is 17.0 Å². The lowest BCUT2D eigenvalue weighted by molar-refractivity contribution is -0.150. The number of rotatable bonds is 7. The lowest BCUT2D eigenvalue weighted by Gasteiger charge is -2.31. The first-order chi connectivity index (χ1) is 15.9. The van der Waals surface area contributed by atoms with Gasteiger partial charge in [0.25, 0.3) is 0 Å². The van der Waals surface area contributed by atoms with E-state index >= 15 is 0 Å². The quantitative estimate of drug-likeness (QED) is 0.415. The van der Waals surface area contributed by atoms with Crippen LogP contribution in [0.2, 0.25) is 0 Å². The number of hydrogen-bond acceptors (Lipinski definition) is 7. The number of nitrogens with zero attached hydrogens (tertiary/aromatic N) is 1. The second kappa shape index (κ2) is 11.0. The Labute approximate surface area is 203 Å². The first-order valence-electron chi connectivity index (χ1n) is 9.73. The number of halogens is 1. The summed E-state index contributed by atoms with van der Waals surface area (Å²) in [5.74, 6) is -3.12. The highest BCUT2D eigenvalue weighted by atomic mass is 79.9. The Hall–Kier alpha value is -3.29. The van der Waals surface area contributed by atoms with Gasteiger partial charge in [-0.15, -0.1) is 0 Å². The molecular formula is C23H20BrN3O5S. The summed E-state index contributed by atoms with van der Waals surface area (Å²) < 4.78 is 10.7. The first-order valence-corrected chi connectivity index (χ1v) is 11.5. The smallest absolute Gasteiger partial charge is 0.319 e. The summed E-state index contributed by atoms with van der Waals surface area (Å²) in [5, 5.41) is 15.5. The topological polar surface area (TPSA) is 118 Å². The van der Waals surface area contributed by atoms with Crippen molar-refractivity contribution in [2.75, 3.05) is 25.3 Å². The number of ether oxygens (including phenoxy) is 2. The highest BCUT2D eigenvalue weighted by Gasteiger charge is 2.44. The zero-order valence-corrected chi connectivity index (χ0v) is 20.2. The summed E-state index contributed by atoms with van der Waals surface area (Å²) in [5.41, 5.74) is 1.37. The molecule has 3 rings (SSSR count). The predicted octanol–water partition coefficient (Wildman–Crippen LogP) is 3.57. The van der Waals surface area contributed by atoms with Crippen molar-refractivity contribution in [3.63, 3.8) is 0 Å². The Morgan fingerprint density at radius 1 is 1.21 bits per heavy atom. The van der Waals surface area contributed by atoms with E-state index in [-0.39, 0.29) is 22.3 Å². The molecular weight excluding hydrogens is 510 g/mol. The average molecular weight is 530 g/mol. The van der Waals surface area contributed by atoms with E-state index in [0.717, 1.165) is 16.2 Å². The fraction of sp³-hybridized carbons (Fsp3) is 0.217. The molecule has 1 aliphatic rings. The number of anilines is 1. The molecule has 0 aliphatic carbocycles. The standard InChI is InChI=1S/C23H20BrN3O5S/c1-31-16-8-6-15(7-9-16)26-18(28)12-33-22-17(11-25)19(13-4-3-5-14(24)10-13)20(21(29)27-22)23(30)32-2/h3-10,19-20H,12H2,1-2H3,(H,26,28)(H,27,29)/t19-,20+/m1/s1. The maximum Gasteiger partial charge on any atom is 0.319 e. The summed E-state index contributed by atoms with van der Waals surface area (Å²) in [7, 11) is 2.74. The molecule has 0 unspecified atom stereocenters. The van der Waals surface area contributed by atoms with Crippen LogP contribution in [-0.4, -0.2) is 37.8 Å². The highest BCUT2D eigenvalue weighted by molar-refractivity contribution is 9.10. The van der Waals surface area contributed by atoms with Crippen LogP contribution in [0.5, 0.6) is 5.75 Å². The fourth-order valence-corrected chi connectivity index (χ4v) is 4.65. The molecule has 0 aromatic heterocycles. The summed E-state index contributed by atoms with van der Waals surface area (Å²) in [6.45, 7) is 0. The molecule has 170 valence electrons. The number of thioether (sulfide) groups is 1. The van der Waals surface area contributed by atoms with Crippen LogP contribution in [0, 0.1) is 17.2 Å². The Kier molecular flexibility index (Phi) is 8.14. The molecule has 0 fully saturated rings. The molecule has 1 aliphatic heterocycles. The normalized spacial score (nSPS) is 17.6. The SMILES string of the molecule is COC(=O)[C@@H]1C(=O)NC(SCC(=O)Nc2ccc(OC)cc2)=C(C#N)[C@H]1c1cccc(Br)c1. The van der Waals surface area contributed by atoms with Crippen LogP contribution in [0.4, 0.5) is 5.69 Å². The minimum Gasteiger partial charge on any atom is -0.497 e. The second-order valence-electron chi connectivity index (χ2n) is 6.94. The maximum absolute atomic E-state index is 12.8. The predicted molar refractivity (Wildman–Crippen MR) is 127 cm³/mol. The van der Waals surface area contributed by atoms with Crippen molar-refractivity contribution in [1.82, 2.24) is 5.32 Å². The minimum absolute atomic E-state index is 0.0546. The number of nitriles is 1. The first kappa shape index (κ1) is 24.4. The third-order valence-corrected chi connectivity index (χ3v) is 6.42. The van der Waals surface area contributed by atoms with Gasteiger partial charge in [0.1, 0.15) is 11.7 Å². The summed E-state index contributed by atoms with van der Waals surface area (Å²) >= 11 is 4.40. The number of carbonyl (C=O) groups is 3. The molecule has 0 saturated carbocycles. The van der Waals surface area contributed by atoms with E-state index in [1.165, 1.54) is 7.11 Å². The number of benzene rings is 2. The van der Waals surface area contributed by atoms with Gasteiger partial charge < -0.3 is 20.1 Å². The lowest BCUT2D eigenvalue weighted by Crippen LogP contribution is -2.44. The largest absolute Gasteiger partial charge is 0.497 e. The van der Waals surface area contributed by atoms with Crippen molar-refractivity contribution in [1.29, 1.82) is 5.26 Å². The van der Waals surface area contributed by atoms with Crippen LogP contribution in [-0.2, 0) is 19.1 Å². The lowest BCUT2D eigenvalue weighted by atomic mass is 9.78. The van der Waals surface area contributed by atoms with Gasteiger partial charge in [-0.25, -0.2) is 0 Å². The fourth-order valence-electron chi connectivity index (χ4n) is 3.39.